The molecule has 4 aromatic rings. The molecular weight excluding hydrogens is 346 g/mol. The molecule has 0 unspecified atom stereocenters. The molecule has 0 bridgehead atoms. The Morgan fingerprint density at radius 3 is 2.25 bits per heavy atom. The highest BCUT2D eigenvalue weighted by atomic mass is 15.3. The first-order valence-electron chi connectivity index (χ1n) is 10.2. The molecule has 5 nitrogen and oxygen atoms in total. The molecule has 28 heavy (non-hydrogen) atoms. The van der Waals surface area contributed by atoms with E-state index in [9.17, 15) is 0 Å². The van der Waals surface area contributed by atoms with E-state index in [0.29, 0.717) is 6.04 Å². The molecular formula is C23H29N5. The number of aryl methyl sites for hydroxylation is 5. The molecule has 0 atom stereocenters. The van der Waals surface area contributed by atoms with Crippen molar-refractivity contribution in [3.63, 3.8) is 0 Å². The lowest BCUT2D eigenvalue weighted by Crippen LogP contribution is -2.09. The Hall–Kier alpha value is -2.69. The number of nitrogens with zero attached hydrogens (tertiary/aromatic N) is 5. The molecule has 0 aliphatic heterocycles. The van der Waals surface area contributed by atoms with Crippen molar-refractivity contribution in [1.29, 1.82) is 0 Å². The molecule has 0 aliphatic carbocycles. The molecule has 0 N–H and O–H groups in total. The number of fused-ring (bicyclic) bond motifs is 3. The van der Waals surface area contributed by atoms with Crippen LogP contribution in [-0.4, -0.2) is 24.1 Å². The first-order valence-corrected chi connectivity index (χ1v) is 10.2. The van der Waals surface area contributed by atoms with E-state index in [-0.39, 0.29) is 0 Å². The number of rotatable bonds is 4. The van der Waals surface area contributed by atoms with Gasteiger partial charge in [-0.15, -0.1) is 0 Å². The molecule has 0 saturated carbocycles. The molecule has 0 saturated heterocycles. The minimum atomic E-state index is 0.458. The van der Waals surface area contributed by atoms with Crippen molar-refractivity contribution in [2.75, 3.05) is 0 Å². The largest absolute Gasteiger partial charge is 0.329 e. The summed E-state index contributed by atoms with van der Waals surface area (Å²) < 4.78 is 4.42. The van der Waals surface area contributed by atoms with Crippen LogP contribution in [0.1, 0.15) is 61.1 Å². The Kier molecular flexibility index (Phi) is 4.48. The van der Waals surface area contributed by atoms with Crippen LogP contribution in [0.2, 0.25) is 0 Å². The fraction of sp³-hybridized carbons (Fsp3) is 0.435. The van der Waals surface area contributed by atoms with E-state index < -0.39 is 0 Å². The Balaban J connectivity index is 2.12. The highest BCUT2D eigenvalue weighted by Crippen LogP contribution is 2.35. The second kappa shape index (κ2) is 6.73. The van der Waals surface area contributed by atoms with Crippen LogP contribution in [0.25, 0.3) is 27.8 Å². The molecule has 5 heteroatoms. The Labute approximate surface area is 166 Å². The van der Waals surface area contributed by atoms with E-state index in [1.165, 1.54) is 10.9 Å². The molecule has 146 valence electrons. The summed E-state index contributed by atoms with van der Waals surface area (Å²) in [5, 5.41) is 6.12. The van der Waals surface area contributed by atoms with Crippen LogP contribution in [0.3, 0.4) is 0 Å². The van der Waals surface area contributed by atoms with Crippen LogP contribution in [-0.2, 0) is 0 Å². The van der Waals surface area contributed by atoms with E-state index in [4.69, 9.17) is 15.1 Å². The third kappa shape index (κ3) is 2.64. The van der Waals surface area contributed by atoms with Crippen molar-refractivity contribution in [2.45, 2.75) is 67.3 Å². The van der Waals surface area contributed by atoms with Crippen molar-refractivity contribution in [3.05, 3.63) is 46.7 Å². The SMILES string of the molecule is CCC(CC)n1ccc2c(C)nc3c(-c4c(C)cc(C)nc4C)c(C)nn3c21. The highest BCUT2D eigenvalue weighted by Gasteiger charge is 2.22. The average Bonchev–Trinajstić information content (AvgIpc) is 3.19. The van der Waals surface area contributed by atoms with Crippen molar-refractivity contribution in [2.24, 2.45) is 0 Å². The number of pyridine rings is 1. The average molecular weight is 376 g/mol. The maximum Gasteiger partial charge on any atom is 0.165 e. The zero-order valence-electron chi connectivity index (χ0n) is 18.0. The van der Waals surface area contributed by atoms with E-state index in [2.05, 4.69) is 64.4 Å². The molecule has 4 heterocycles. The minimum absolute atomic E-state index is 0.458. The van der Waals surface area contributed by atoms with Gasteiger partial charge >= 0.3 is 0 Å². The third-order valence-corrected chi connectivity index (χ3v) is 5.90. The molecule has 4 rings (SSSR count). The Morgan fingerprint density at radius 2 is 1.61 bits per heavy atom. The lowest BCUT2D eigenvalue weighted by molar-refractivity contribution is 0.480. The van der Waals surface area contributed by atoms with E-state index in [1.54, 1.807) is 0 Å². The van der Waals surface area contributed by atoms with E-state index in [1.807, 2.05) is 11.4 Å². The van der Waals surface area contributed by atoms with Gasteiger partial charge in [0.05, 0.1) is 17.0 Å². The van der Waals surface area contributed by atoms with Crippen LogP contribution in [0.15, 0.2) is 18.3 Å². The summed E-state index contributed by atoms with van der Waals surface area (Å²) in [5.74, 6) is 0. The zero-order chi connectivity index (χ0) is 20.2. The summed E-state index contributed by atoms with van der Waals surface area (Å²) in [4.78, 5) is 9.70. The Bertz CT molecular complexity index is 1170. The van der Waals surface area contributed by atoms with Crippen molar-refractivity contribution in [1.82, 2.24) is 24.1 Å². The van der Waals surface area contributed by atoms with Crippen LogP contribution < -0.4 is 0 Å². The highest BCUT2D eigenvalue weighted by molar-refractivity contribution is 5.89. The van der Waals surface area contributed by atoms with E-state index >= 15 is 0 Å². The first-order chi connectivity index (χ1) is 13.4. The molecule has 0 aliphatic rings. The van der Waals surface area contributed by atoms with Gasteiger partial charge in [-0.3, -0.25) is 4.98 Å². The normalized spacial score (nSPS) is 12.0. The van der Waals surface area contributed by atoms with Gasteiger partial charge in [0.25, 0.3) is 0 Å². The van der Waals surface area contributed by atoms with Gasteiger partial charge in [0.1, 0.15) is 5.65 Å². The summed E-state index contributed by atoms with van der Waals surface area (Å²) in [7, 11) is 0. The van der Waals surface area contributed by atoms with Crippen molar-refractivity contribution < 1.29 is 0 Å². The second-order valence-electron chi connectivity index (χ2n) is 7.86. The van der Waals surface area contributed by atoms with E-state index in [0.717, 1.165) is 58.0 Å². The lowest BCUT2D eigenvalue weighted by Gasteiger charge is -2.17. The predicted molar refractivity (Wildman–Crippen MR) is 115 cm³/mol. The molecule has 0 spiro atoms. The fourth-order valence-corrected chi connectivity index (χ4v) is 4.60. The van der Waals surface area contributed by atoms with Crippen LogP contribution in [0.4, 0.5) is 0 Å². The summed E-state index contributed by atoms with van der Waals surface area (Å²) in [6.45, 7) is 14.9. The van der Waals surface area contributed by atoms with Gasteiger partial charge in [0.15, 0.2) is 5.65 Å². The predicted octanol–water partition coefficient (Wildman–Crippen LogP) is 5.65. The summed E-state index contributed by atoms with van der Waals surface area (Å²) >= 11 is 0. The van der Waals surface area contributed by atoms with Crippen LogP contribution in [0.5, 0.6) is 0 Å². The quantitative estimate of drug-likeness (QED) is 0.463. The number of aromatic nitrogens is 5. The monoisotopic (exact) mass is 375 g/mol. The fourth-order valence-electron chi connectivity index (χ4n) is 4.60. The summed E-state index contributed by atoms with van der Waals surface area (Å²) in [6.07, 6.45) is 4.38. The first kappa shape index (κ1) is 18.7. The zero-order valence-corrected chi connectivity index (χ0v) is 18.0. The molecule has 0 fully saturated rings. The van der Waals surface area contributed by atoms with Crippen LogP contribution in [0, 0.1) is 34.6 Å². The van der Waals surface area contributed by atoms with Crippen molar-refractivity contribution in [3.8, 4) is 11.1 Å². The Morgan fingerprint density at radius 1 is 0.893 bits per heavy atom. The van der Waals surface area contributed by atoms with Gasteiger partial charge in [-0.25, -0.2) is 4.98 Å². The standard InChI is InChI=1S/C23H29N5/c1-8-18(9-2)27-11-10-19-15(5)25-22-21(17(7)26-28(22)23(19)27)20-13(3)12-14(4)24-16(20)6/h10-12,18H,8-9H2,1-7H3. The maximum absolute atomic E-state index is 4.99. The van der Waals surface area contributed by atoms with Crippen molar-refractivity contribution >= 4 is 16.7 Å². The lowest BCUT2D eigenvalue weighted by atomic mass is 9.99. The third-order valence-electron chi connectivity index (χ3n) is 5.90. The topological polar surface area (TPSA) is 48.0 Å². The smallest absolute Gasteiger partial charge is 0.165 e. The van der Waals surface area contributed by atoms with Gasteiger partial charge in [-0.1, -0.05) is 13.8 Å². The van der Waals surface area contributed by atoms with Crippen LogP contribution >= 0.6 is 0 Å². The maximum atomic E-state index is 4.99. The molecule has 0 radical (unpaired) electrons. The minimum Gasteiger partial charge on any atom is -0.329 e. The number of hydrogen-bond acceptors (Lipinski definition) is 3. The number of hydrogen-bond donors (Lipinski definition) is 0. The second-order valence-corrected chi connectivity index (χ2v) is 7.86. The molecule has 4 aromatic heterocycles. The molecule has 0 aromatic carbocycles. The van der Waals surface area contributed by atoms with Gasteiger partial charge in [-0.2, -0.15) is 9.61 Å². The van der Waals surface area contributed by atoms with Gasteiger partial charge in [-0.05, 0) is 65.2 Å². The molecule has 0 amide bonds. The van der Waals surface area contributed by atoms with Gasteiger partial charge < -0.3 is 4.57 Å². The summed E-state index contributed by atoms with van der Waals surface area (Å²) in [6, 6.07) is 4.78. The summed E-state index contributed by atoms with van der Waals surface area (Å²) in [5.41, 5.74) is 9.66. The van der Waals surface area contributed by atoms with Gasteiger partial charge in [0, 0.05) is 34.6 Å². The van der Waals surface area contributed by atoms with Gasteiger partial charge in [0.2, 0.25) is 0 Å².